The molecule has 41 heavy (non-hydrogen) atoms. The molecule has 0 spiro atoms. The van der Waals surface area contributed by atoms with Crippen molar-refractivity contribution in [3.63, 3.8) is 0 Å². The fraction of sp³-hybridized carbons (Fsp3) is 0.375. The van der Waals surface area contributed by atoms with Gasteiger partial charge in [0.05, 0.1) is 17.7 Å². The monoisotopic (exact) mass is 579 g/mol. The first-order chi connectivity index (χ1) is 19.5. The highest BCUT2D eigenvalue weighted by Gasteiger charge is 2.34. The zero-order valence-electron chi connectivity index (χ0n) is 24.8. The molecule has 0 saturated heterocycles. The third kappa shape index (κ3) is 7.67. The predicted octanol–water partition coefficient (Wildman–Crippen LogP) is 5.15. The first-order valence-corrected chi connectivity index (χ1v) is 15.3. The minimum absolute atomic E-state index is 0.0891. The zero-order chi connectivity index (χ0) is 30.2. The van der Waals surface area contributed by atoms with Gasteiger partial charge < -0.3 is 15.0 Å². The van der Waals surface area contributed by atoms with Gasteiger partial charge >= 0.3 is 0 Å². The Morgan fingerprint density at radius 3 is 2.17 bits per heavy atom. The standard InChI is InChI=1S/C32H41N3O5S/c1-7-20-33-32(37)29(8-2)34(21-26-14-16-27(40-6)17-15-26)31(36)22-35(30-11-9-10-24(4)25(30)5)41(38,39)28-18-12-23(3)13-19-28/h9-19,29H,7-8,20-22H2,1-6H3,(H,33,37)/t29-/m1/s1. The summed E-state index contributed by atoms with van der Waals surface area (Å²) in [7, 11) is -2.54. The van der Waals surface area contributed by atoms with Crippen LogP contribution in [0.1, 0.15) is 48.9 Å². The van der Waals surface area contributed by atoms with Crippen molar-refractivity contribution < 1.29 is 22.7 Å². The number of sulfonamides is 1. The van der Waals surface area contributed by atoms with E-state index in [2.05, 4.69) is 5.32 Å². The molecule has 1 atom stereocenters. The lowest BCUT2D eigenvalue weighted by atomic mass is 10.1. The molecule has 0 radical (unpaired) electrons. The van der Waals surface area contributed by atoms with Crippen LogP contribution in [0.3, 0.4) is 0 Å². The number of hydrogen-bond donors (Lipinski definition) is 1. The van der Waals surface area contributed by atoms with Crippen molar-refractivity contribution in [3.05, 3.63) is 89.0 Å². The number of aryl methyl sites for hydroxylation is 2. The molecule has 0 aliphatic heterocycles. The minimum atomic E-state index is -4.12. The second-order valence-electron chi connectivity index (χ2n) is 10.1. The van der Waals surface area contributed by atoms with Crippen LogP contribution in [0.15, 0.2) is 71.6 Å². The maximum atomic E-state index is 14.2. The van der Waals surface area contributed by atoms with Crippen LogP contribution in [0.25, 0.3) is 0 Å². The molecule has 0 aliphatic carbocycles. The number of amides is 2. The zero-order valence-corrected chi connectivity index (χ0v) is 25.6. The molecule has 0 bridgehead atoms. The van der Waals surface area contributed by atoms with Gasteiger partial charge in [0.25, 0.3) is 10.0 Å². The maximum Gasteiger partial charge on any atom is 0.264 e. The van der Waals surface area contributed by atoms with E-state index in [4.69, 9.17) is 4.74 Å². The van der Waals surface area contributed by atoms with Gasteiger partial charge in [0, 0.05) is 13.1 Å². The summed E-state index contributed by atoms with van der Waals surface area (Å²) >= 11 is 0. The number of methoxy groups -OCH3 is 1. The van der Waals surface area contributed by atoms with Crippen molar-refractivity contribution in [1.82, 2.24) is 10.2 Å². The number of hydrogen-bond acceptors (Lipinski definition) is 5. The van der Waals surface area contributed by atoms with Crippen molar-refractivity contribution in [3.8, 4) is 5.75 Å². The summed E-state index contributed by atoms with van der Waals surface area (Å²) in [4.78, 5) is 29.0. The topological polar surface area (TPSA) is 96.0 Å². The number of nitrogens with one attached hydrogen (secondary N) is 1. The largest absolute Gasteiger partial charge is 0.497 e. The van der Waals surface area contributed by atoms with Gasteiger partial charge in [0.1, 0.15) is 18.3 Å². The number of ether oxygens (including phenoxy) is 1. The fourth-order valence-electron chi connectivity index (χ4n) is 4.57. The Balaban J connectivity index is 2.08. The summed E-state index contributed by atoms with van der Waals surface area (Å²) in [5, 5.41) is 2.90. The predicted molar refractivity (Wildman–Crippen MR) is 163 cm³/mol. The van der Waals surface area contributed by atoms with Crippen LogP contribution >= 0.6 is 0 Å². The molecule has 3 aromatic carbocycles. The highest BCUT2D eigenvalue weighted by atomic mass is 32.2. The highest BCUT2D eigenvalue weighted by Crippen LogP contribution is 2.29. The lowest BCUT2D eigenvalue weighted by Gasteiger charge is -2.33. The Morgan fingerprint density at radius 1 is 0.927 bits per heavy atom. The molecule has 220 valence electrons. The van der Waals surface area contributed by atoms with E-state index in [1.165, 1.54) is 9.21 Å². The molecule has 8 nitrogen and oxygen atoms in total. The van der Waals surface area contributed by atoms with E-state index in [1.807, 2.05) is 52.8 Å². The quantitative estimate of drug-likeness (QED) is 0.302. The average molecular weight is 580 g/mol. The molecule has 0 saturated carbocycles. The van der Waals surface area contributed by atoms with Crippen LogP contribution < -0.4 is 14.4 Å². The Labute approximate surface area is 244 Å². The summed E-state index contributed by atoms with van der Waals surface area (Å²) in [5.74, 6) is -0.0727. The van der Waals surface area contributed by atoms with E-state index < -0.39 is 28.5 Å². The number of rotatable bonds is 13. The van der Waals surface area contributed by atoms with Gasteiger partial charge in [-0.2, -0.15) is 0 Å². The van der Waals surface area contributed by atoms with Crippen molar-refractivity contribution in [1.29, 1.82) is 0 Å². The Kier molecular flexibility index (Phi) is 10.9. The Hall–Kier alpha value is -3.85. The van der Waals surface area contributed by atoms with Crippen molar-refractivity contribution in [2.75, 3.05) is 24.5 Å². The van der Waals surface area contributed by atoms with Gasteiger partial charge in [-0.15, -0.1) is 0 Å². The summed E-state index contributed by atoms with van der Waals surface area (Å²) < 4.78 is 34.6. The van der Waals surface area contributed by atoms with E-state index in [1.54, 1.807) is 55.6 Å². The van der Waals surface area contributed by atoms with E-state index in [0.717, 1.165) is 28.7 Å². The first kappa shape index (κ1) is 31.7. The molecular formula is C32H41N3O5S. The van der Waals surface area contributed by atoms with Crippen molar-refractivity contribution in [2.24, 2.45) is 0 Å². The second kappa shape index (κ2) is 14.2. The SMILES string of the molecule is CCCNC(=O)[C@@H](CC)N(Cc1ccc(OC)cc1)C(=O)CN(c1cccc(C)c1C)S(=O)(=O)c1ccc(C)cc1. The minimum Gasteiger partial charge on any atom is -0.497 e. The van der Waals surface area contributed by atoms with E-state index in [-0.39, 0.29) is 17.3 Å². The number of carbonyl (C=O) groups is 2. The second-order valence-corrected chi connectivity index (χ2v) is 12.0. The lowest BCUT2D eigenvalue weighted by Crippen LogP contribution is -2.52. The van der Waals surface area contributed by atoms with Gasteiger partial charge in [-0.3, -0.25) is 13.9 Å². The molecule has 2 amide bonds. The van der Waals surface area contributed by atoms with Gasteiger partial charge in [-0.25, -0.2) is 8.42 Å². The smallest absolute Gasteiger partial charge is 0.264 e. The van der Waals surface area contributed by atoms with Crippen LogP contribution in [0.5, 0.6) is 5.75 Å². The molecule has 0 aliphatic rings. The van der Waals surface area contributed by atoms with Crippen LogP contribution in [0, 0.1) is 20.8 Å². The summed E-state index contributed by atoms with van der Waals surface area (Å²) in [6, 6.07) is 18.4. The number of anilines is 1. The van der Waals surface area contributed by atoms with E-state index in [0.29, 0.717) is 24.4 Å². The molecule has 3 rings (SSSR count). The molecule has 0 unspecified atom stereocenters. The van der Waals surface area contributed by atoms with Crippen LogP contribution in [-0.2, 0) is 26.2 Å². The highest BCUT2D eigenvalue weighted by molar-refractivity contribution is 7.92. The summed E-state index contributed by atoms with van der Waals surface area (Å²) in [6.45, 7) is 9.58. The summed E-state index contributed by atoms with van der Waals surface area (Å²) in [5.41, 5.74) is 3.80. The molecule has 1 N–H and O–H groups in total. The van der Waals surface area contributed by atoms with Crippen LogP contribution in [0.4, 0.5) is 5.69 Å². The number of benzene rings is 3. The van der Waals surface area contributed by atoms with Gasteiger partial charge in [-0.1, -0.05) is 55.8 Å². The van der Waals surface area contributed by atoms with Crippen molar-refractivity contribution >= 4 is 27.5 Å². The fourth-order valence-corrected chi connectivity index (χ4v) is 6.04. The molecule has 9 heteroatoms. The molecule has 0 fully saturated rings. The van der Waals surface area contributed by atoms with Crippen LogP contribution in [0.2, 0.25) is 0 Å². The molecular weight excluding hydrogens is 538 g/mol. The van der Waals surface area contributed by atoms with E-state index >= 15 is 0 Å². The third-order valence-electron chi connectivity index (χ3n) is 7.18. The van der Waals surface area contributed by atoms with Gasteiger partial charge in [0.15, 0.2) is 0 Å². The van der Waals surface area contributed by atoms with Gasteiger partial charge in [0.2, 0.25) is 11.8 Å². The summed E-state index contributed by atoms with van der Waals surface area (Å²) in [6.07, 6.45) is 1.12. The molecule has 0 heterocycles. The third-order valence-corrected chi connectivity index (χ3v) is 8.95. The normalized spacial score (nSPS) is 12.0. The van der Waals surface area contributed by atoms with E-state index in [9.17, 15) is 18.0 Å². The number of nitrogens with zero attached hydrogens (tertiary/aromatic N) is 2. The van der Waals surface area contributed by atoms with Crippen LogP contribution in [-0.4, -0.2) is 51.4 Å². The Morgan fingerprint density at radius 2 is 1.59 bits per heavy atom. The average Bonchev–Trinajstić information content (AvgIpc) is 2.96. The maximum absolute atomic E-state index is 14.2. The van der Waals surface area contributed by atoms with Crippen molar-refractivity contribution in [2.45, 2.75) is 64.9 Å². The van der Waals surface area contributed by atoms with Gasteiger partial charge in [-0.05, 0) is 80.6 Å². The number of carbonyl (C=O) groups excluding carboxylic acids is 2. The lowest BCUT2D eigenvalue weighted by molar-refractivity contribution is -0.140. The Bertz CT molecular complexity index is 1440. The molecule has 0 aromatic heterocycles. The first-order valence-electron chi connectivity index (χ1n) is 13.9. The molecule has 3 aromatic rings.